The number of para-hydroxylation sites is 1. The average molecular weight is 304 g/mol. The Morgan fingerprint density at radius 1 is 1.48 bits per heavy atom. The van der Waals surface area contributed by atoms with Crippen LogP contribution in [0.15, 0.2) is 24.3 Å². The lowest BCUT2D eigenvalue weighted by molar-refractivity contribution is -0.152. The van der Waals surface area contributed by atoms with Gasteiger partial charge in [-0.15, -0.1) is 11.8 Å². The second-order valence-electron chi connectivity index (χ2n) is 5.70. The third-order valence-electron chi connectivity index (χ3n) is 4.86. The molecule has 3 atom stereocenters. The summed E-state index contributed by atoms with van der Waals surface area (Å²) in [6, 6.07) is 7.93. The molecule has 0 saturated carbocycles. The van der Waals surface area contributed by atoms with E-state index in [2.05, 4.69) is 10.2 Å². The third-order valence-corrected chi connectivity index (χ3v) is 5.95. The maximum absolute atomic E-state index is 12.9. The van der Waals surface area contributed by atoms with Crippen molar-refractivity contribution in [3.05, 3.63) is 29.8 Å². The number of hydrogen-bond acceptors (Lipinski definition) is 5. The lowest BCUT2D eigenvalue weighted by Crippen LogP contribution is -2.52. The van der Waals surface area contributed by atoms with Gasteiger partial charge in [-0.3, -0.25) is 14.5 Å². The van der Waals surface area contributed by atoms with Crippen molar-refractivity contribution in [1.29, 1.82) is 0 Å². The Bertz CT molecular complexity index is 635. The first-order chi connectivity index (χ1) is 10.2. The van der Waals surface area contributed by atoms with Crippen LogP contribution in [0.3, 0.4) is 0 Å². The third kappa shape index (κ3) is 1.52. The molecule has 1 aromatic carbocycles. The van der Waals surface area contributed by atoms with E-state index >= 15 is 0 Å². The number of fused-ring (bicyclic) bond motifs is 4. The predicted molar refractivity (Wildman–Crippen MR) is 79.8 cm³/mol. The number of benzene rings is 1. The van der Waals surface area contributed by atoms with Gasteiger partial charge in [-0.1, -0.05) is 18.2 Å². The molecule has 110 valence electrons. The Morgan fingerprint density at radius 2 is 2.29 bits per heavy atom. The van der Waals surface area contributed by atoms with Crippen LogP contribution in [-0.2, 0) is 19.9 Å². The molecule has 1 spiro atoms. The molecule has 6 heteroatoms. The number of nitrogens with one attached hydrogen (secondary N) is 1. The van der Waals surface area contributed by atoms with Crippen molar-refractivity contribution in [1.82, 2.24) is 4.90 Å². The summed E-state index contributed by atoms with van der Waals surface area (Å²) in [6.07, 6.45) is 0.682. The van der Waals surface area contributed by atoms with Gasteiger partial charge in [-0.25, -0.2) is 0 Å². The number of methoxy groups -OCH3 is 1. The lowest BCUT2D eigenvalue weighted by Gasteiger charge is -2.35. The van der Waals surface area contributed by atoms with Gasteiger partial charge in [0.05, 0.1) is 13.0 Å². The van der Waals surface area contributed by atoms with Crippen molar-refractivity contribution in [3.8, 4) is 0 Å². The van der Waals surface area contributed by atoms with Crippen LogP contribution in [0.2, 0.25) is 0 Å². The molecular formula is C15H16N2O3S. The molecule has 5 nitrogen and oxygen atoms in total. The van der Waals surface area contributed by atoms with Gasteiger partial charge in [0.25, 0.3) is 5.91 Å². The molecule has 1 amide bonds. The van der Waals surface area contributed by atoms with Gasteiger partial charge >= 0.3 is 5.97 Å². The molecule has 1 unspecified atom stereocenters. The fourth-order valence-corrected chi connectivity index (χ4v) is 5.32. The molecule has 21 heavy (non-hydrogen) atoms. The quantitative estimate of drug-likeness (QED) is 0.795. The molecule has 3 aliphatic rings. The molecule has 2 saturated heterocycles. The van der Waals surface area contributed by atoms with E-state index in [0.29, 0.717) is 6.42 Å². The number of thioether (sulfide) groups is 1. The summed E-state index contributed by atoms with van der Waals surface area (Å²) in [6.45, 7) is 0. The summed E-state index contributed by atoms with van der Waals surface area (Å²) >= 11 is 1.82. The molecule has 0 aromatic heterocycles. The number of carbonyl (C=O) groups excluding carboxylic acids is 2. The van der Waals surface area contributed by atoms with Crippen LogP contribution in [0.5, 0.6) is 0 Å². The minimum atomic E-state index is -0.891. The van der Waals surface area contributed by atoms with Crippen molar-refractivity contribution < 1.29 is 14.3 Å². The summed E-state index contributed by atoms with van der Waals surface area (Å²) in [5.41, 5.74) is 0.835. The standard InChI is InChI=1S/C15H16N2O3S/c1-20-13(18)11-6-9-7-21-8-17(9)15(11)10-4-2-3-5-12(10)16-14(15)19/h2-5,9,11H,6-8H2,1H3,(H,16,19)/t9-,11?,15+/m0/s1. The Balaban J connectivity index is 1.93. The van der Waals surface area contributed by atoms with Gasteiger partial charge in [-0.2, -0.15) is 0 Å². The van der Waals surface area contributed by atoms with E-state index in [4.69, 9.17) is 4.74 Å². The highest BCUT2D eigenvalue weighted by Gasteiger charge is 2.66. The van der Waals surface area contributed by atoms with Crippen molar-refractivity contribution in [2.75, 3.05) is 24.1 Å². The summed E-state index contributed by atoms with van der Waals surface area (Å²) < 4.78 is 5.00. The maximum atomic E-state index is 12.9. The Labute approximate surface area is 127 Å². The molecular weight excluding hydrogens is 288 g/mol. The summed E-state index contributed by atoms with van der Waals surface area (Å²) in [4.78, 5) is 27.4. The van der Waals surface area contributed by atoms with E-state index in [9.17, 15) is 9.59 Å². The minimum Gasteiger partial charge on any atom is -0.469 e. The number of carbonyl (C=O) groups is 2. The van der Waals surface area contributed by atoms with Gasteiger partial charge < -0.3 is 10.1 Å². The topological polar surface area (TPSA) is 58.6 Å². The lowest BCUT2D eigenvalue weighted by atomic mass is 9.79. The van der Waals surface area contributed by atoms with Gasteiger partial charge in [0.1, 0.15) is 5.54 Å². The minimum absolute atomic E-state index is 0.0934. The molecule has 4 rings (SSSR count). The number of amides is 1. The number of esters is 1. The highest BCUT2D eigenvalue weighted by Crippen LogP contribution is 2.55. The monoisotopic (exact) mass is 304 g/mol. The number of hydrogen-bond donors (Lipinski definition) is 1. The van der Waals surface area contributed by atoms with E-state index < -0.39 is 11.5 Å². The van der Waals surface area contributed by atoms with E-state index in [0.717, 1.165) is 22.9 Å². The van der Waals surface area contributed by atoms with Crippen LogP contribution >= 0.6 is 11.8 Å². The first kappa shape index (κ1) is 13.2. The molecule has 0 aliphatic carbocycles. The SMILES string of the molecule is COC(=O)C1C[C@H]2CSCN2[C@@]12C(=O)Nc1ccccc12. The zero-order valence-electron chi connectivity index (χ0n) is 11.7. The van der Waals surface area contributed by atoms with Crippen LogP contribution in [0.25, 0.3) is 0 Å². The predicted octanol–water partition coefficient (Wildman–Crippen LogP) is 1.40. The maximum Gasteiger partial charge on any atom is 0.311 e. The molecule has 2 fully saturated rings. The summed E-state index contributed by atoms with van der Waals surface area (Å²) in [7, 11) is 1.40. The second kappa shape index (κ2) is 4.48. The van der Waals surface area contributed by atoms with Crippen LogP contribution < -0.4 is 5.32 Å². The van der Waals surface area contributed by atoms with Gasteiger partial charge in [-0.05, 0) is 12.5 Å². The van der Waals surface area contributed by atoms with E-state index in [1.54, 1.807) is 0 Å². The van der Waals surface area contributed by atoms with Crippen molar-refractivity contribution in [2.24, 2.45) is 5.92 Å². The molecule has 0 radical (unpaired) electrons. The molecule has 3 heterocycles. The Kier molecular flexibility index (Phi) is 2.81. The number of ether oxygens (including phenoxy) is 1. The van der Waals surface area contributed by atoms with Gasteiger partial charge in [0, 0.05) is 28.9 Å². The fourth-order valence-electron chi connectivity index (χ4n) is 4.01. The number of rotatable bonds is 1. The normalized spacial score (nSPS) is 33.9. The van der Waals surface area contributed by atoms with Crippen LogP contribution in [-0.4, -0.2) is 41.6 Å². The van der Waals surface area contributed by atoms with E-state index in [1.807, 2.05) is 36.0 Å². The Morgan fingerprint density at radius 3 is 3.10 bits per heavy atom. The fraction of sp³-hybridized carbons (Fsp3) is 0.467. The zero-order chi connectivity index (χ0) is 14.6. The first-order valence-corrected chi connectivity index (χ1v) is 8.18. The first-order valence-electron chi connectivity index (χ1n) is 7.03. The highest BCUT2D eigenvalue weighted by atomic mass is 32.2. The van der Waals surface area contributed by atoms with Gasteiger partial charge in [0.15, 0.2) is 0 Å². The Hall–Kier alpha value is -1.53. The van der Waals surface area contributed by atoms with Crippen molar-refractivity contribution >= 4 is 29.3 Å². The molecule has 1 N–H and O–H groups in total. The molecule has 0 bridgehead atoms. The number of nitrogens with zero attached hydrogens (tertiary/aromatic N) is 1. The number of anilines is 1. The zero-order valence-corrected chi connectivity index (χ0v) is 12.5. The van der Waals surface area contributed by atoms with E-state index in [-0.39, 0.29) is 17.9 Å². The molecule has 3 aliphatic heterocycles. The summed E-state index contributed by atoms with van der Waals surface area (Å²) in [5.74, 6) is 0.923. The largest absolute Gasteiger partial charge is 0.469 e. The van der Waals surface area contributed by atoms with Crippen LogP contribution in [0.1, 0.15) is 12.0 Å². The highest BCUT2D eigenvalue weighted by molar-refractivity contribution is 7.99. The van der Waals surface area contributed by atoms with Crippen LogP contribution in [0.4, 0.5) is 5.69 Å². The average Bonchev–Trinajstić information content (AvgIpc) is 3.13. The summed E-state index contributed by atoms with van der Waals surface area (Å²) in [5, 5.41) is 2.95. The van der Waals surface area contributed by atoms with Crippen LogP contribution in [0, 0.1) is 5.92 Å². The second-order valence-corrected chi connectivity index (χ2v) is 6.70. The van der Waals surface area contributed by atoms with Crippen molar-refractivity contribution in [3.63, 3.8) is 0 Å². The smallest absolute Gasteiger partial charge is 0.311 e. The van der Waals surface area contributed by atoms with E-state index in [1.165, 1.54) is 7.11 Å². The van der Waals surface area contributed by atoms with Crippen molar-refractivity contribution in [2.45, 2.75) is 18.0 Å². The molecule has 1 aromatic rings. The van der Waals surface area contributed by atoms with Gasteiger partial charge in [0.2, 0.25) is 0 Å².